The predicted octanol–water partition coefficient (Wildman–Crippen LogP) is 2.11. The quantitative estimate of drug-likeness (QED) is 0.612. The monoisotopic (exact) mass is 226 g/mol. The lowest BCUT2D eigenvalue weighted by molar-refractivity contribution is 0.601. The molecular weight excluding hydrogens is 211 g/mol. The number of nitrogen functional groups attached to an aromatic ring is 1. The van der Waals surface area contributed by atoms with Gasteiger partial charge in [-0.3, -0.25) is 0 Å². The Labute approximate surface area is 93.4 Å². The van der Waals surface area contributed by atoms with Crippen molar-refractivity contribution >= 4 is 17.4 Å². The third-order valence-electron chi connectivity index (χ3n) is 2.59. The zero-order chi connectivity index (χ0) is 10.7. The first kappa shape index (κ1) is 10.8. The van der Waals surface area contributed by atoms with E-state index in [2.05, 4.69) is 5.32 Å². The van der Waals surface area contributed by atoms with Gasteiger partial charge in [0.05, 0.1) is 0 Å². The number of hydrogen-bond donors (Lipinski definition) is 2. The molecule has 0 saturated carbocycles. The number of nitrogens with two attached hydrogens (primary N) is 1. The Morgan fingerprint density at radius 2 is 2.40 bits per heavy atom. The largest absolute Gasteiger partial charge is 0.399 e. The van der Waals surface area contributed by atoms with Crippen LogP contribution in [0.4, 0.5) is 10.1 Å². The Hall–Kier alpha value is -0.740. The van der Waals surface area contributed by atoms with Crippen LogP contribution in [0, 0.1) is 11.7 Å². The molecule has 2 rings (SSSR count). The first-order valence-electron chi connectivity index (χ1n) is 5.14. The Morgan fingerprint density at radius 3 is 3.07 bits per heavy atom. The van der Waals surface area contributed by atoms with Gasteiger partial charge in [-0.15, -0.1) is 11.8 Å². The molecule has 1 aliphatic heterocycles. The summed E-state index contributed by atoms with van der Waals surface area (Å²) in [6, 6.07) is 4.89. The van der Waals surface area contributed by atoms with Crippen LogP contribution in [0.2, 0.25) is 0 Å². The summed E-state index contributed by atoms with van der Waals surface area (Å²) in [6.45, 7) is 2.15. The molecule has 1 heterocycles. The van der Waals surface area contributed by atoms with Crippen molar-refractivity contribution in [3.8, 4) is 0 Å². The standard InChI is InChI=1S/C11H15FN2S/c12-10-5-9(13)1-2-11(10)15-7-8-3-4-14-6-8/h1-2,5,8,14H,3-4,6-7,13H2. The van der Waals surface area contributed by atoms with Gasteiger partial charge >= 0.3 is 0 Å². The Kier molecular flexibility index (Phi) is 3.49. The number of rotatable bonds is 3. The highest BCUT2D eigenvalue weighted by Crippen LogP contribution is 2.26. The molecule has 3 N–H and O–H groups in total. The highest BCUT2D eigenvalue weighted by atomic mass is 32.2. The number of halogens is 1. The molecule has 4 heteroatoms. The van der Waals surface area contributed by atoms with E-state index in [1.165, 1.54) is 12.5 Å². The number of nitrogens with one attached hydrogen (secondary N) is 1. The summed E-state index contributed by atoms with van der Waals surface area (Å²) >= 11 is 1.58. The molecule has 0 radical (unpaired) electrons. The van der Waals surface area contributed by atoms with E-state index in [1.54, 1.807) is 23.9 Å². The van der Waals surface area contributed by atoms with E-state index < -0.39 is 0 Å². The molecule has 15 heavy (non-hydrogen) atoms. The lowest BCUT2D eigenvalue weighted by Crippen LogP contribution is -2.10. The summed E-state index contributed by atoms with van der Waals surface area (Å²) in [5, 5.41) is 3.31. The van der Waals surface area contributed by atoms with Gasteiger partial charge in [0.2, 0.25) is 0 Å². The van der Waals surface area contributed by atoms with Crippen molar-refractivity contribution in [3.05, 3.63) is 24.0 Å². The van der Waals surface area contributed by atoms with Gasteiger partial charge in [0.1, 0.15) is 5.82 Å². The van der Waals surface area contributed by atoms with Crippen LogP contribution >= 0.6 is 11.8 Å². The van der Waals surface area contributed by atoms with Crippen LogP contribution in [0.1, 0.15) is 6.42 Å². The van der Waals surface area contributed by atoms with E-state index >= 15 is 0 Å². The van der Waals surface area contributed by atoms with E-state index in [9.17, 15) is 4.39 Å². The van der Waals surface area contributed by atoms with Crippen molar-refractivity contribution in [2.24, 2.45) is 5.92 Å². The minimum absolute atomic E-state index is 0.203. The van der Waals surface area contributed by atoms with Crippen LogP contribution < -0.4 is 11.1 Å². The van der Waals surface area contributed by atoms with E-state index in [1.807, 2.05) is 0 Å². The summed E-state index contributed by atoms with van der Waals surface area (Å²) in [6.07, 6.45) is 1.20. The van der Waals surface area contributed by atoms with E-state index in [0.29, 0.717) is 16.5 Å². The van der Waals surface area contributed by atoms with E-state index in [0.717, 1.165) is 18.8 Å². The second kappa shape index (κ2) is 4.86. The minimum Gasteiger partial charge on any atom is -0.399 e. The van der Waals surface area contributed by atoms with Crippen LogP contribution in [0.5, 0.6) is 0 Å². The fraction of sp³-hybridized carbons (Fsp3) is 0.455. The lowest BCUT2D eigenvalue weighted by atomic mass is 10.2. The molecule has 0 bridgehead atoms. The fourth-order valence-corrected chi connectivity index (χ4v) is 2.76. The highest BCUT2D eigenvalue weighted by molar-refractivity contribution is 7.99. The summed E-state index contributed by atoms with van der Waals surface area (Å²) < 4.78 is 13.4. The van der Waals surface area contributed by atoms with Gasteiger partial charge in [-0.05, 0) is 43.6 Å². The van der Waals surface area contributed by atoms with Crippen molar-refractivity contribution in [1.82, 2.24) is 5.32 Å². The van der Waals surface area contributed by atoms with Crippen molar-refractivity contribution in [1.29, 1.82) is 0 Å². The topological polar surface area (TPSA) is 38.0 Å². The van der Waals surface area contributed by atoms with E-state index in [4.69, 9.17) is 5.73 Å². The molecule has 1 aromatic rings. The first-order valence-corrected chi connectivity index (χ1v) is 6.13. The summed E-state index contributed by atoms with van der Waals surface area (Å²) in [5.41, 5.74) is 5.97. The van der Waals surface area contributed by atoms with Crippen LogP contribution in [-0.4, -0.2) is 18.8 Å². The van der Waals surface area contributed by atoms with Gasteiger partial charge in [0.15, 0.2) is 0 Å². The minimum atomic E-state index is -0.203. The molecule has 2 nitrogen and oxygen atoms in total. The van der Waals surface area contributed by atoms with Gasteiger partial charge in [0.25, 0.3) is 0 Å². The molecule has 0 aromatic heterocycles. The molecule has 1 saturated heterocycles. The molecule has 1 aliphatic rings. The van der Waals surface area contributed by atoms with Gasteiger partial charge < -0.3 is 11.1 Å². The SMILES string of the molecule is Nc1ccc(SCC2CCNC2)c(F)c1. The number of anilines is 1. The third-order valence-corrected chi connectivity index (χ3v) is 3.87. The second-order valence-electron chi connectivity index (χ2n) is 3.86. The Balaban J connectivity index is 1.92. The van der Waals surface area contributed by atoms with Crippen LogP contribution in [0.15, 0.2) is 23.1 Å². The third kappa shape index (κ3) is 2.86. The maximum atomic E-state index is 13.4. The lowest BCUT2D eigenvalue weighted by Gasteiger charge is -2.08. The molecule has 0 aliphatic carbocycles. The van der Waals surface area contributed by atoms with Gasteiger partial charge in [-0.2, -0.15) is 0 Å². The van der Waals surface area contributed by atoms with Gasteiger partial charge in [0, 0.05) is 16.3 Å². The summed E-state index contributed by atoms with van der Waals surface area (Å²) in [7, 11) is 0. The van der Waals surface area contributed by atoms with Crippen molar-refractivity contribution in [2.75, 3.05) is 24.6 Å². The van der Waals surface area contributed by atoms with Crippen LogP contribution in [0.3, 0.4) is 0 Å². The molecule has 0 amide bonds. The maximum absolute atomic E-state index is 13.4. The summed E-state index contributed by atoms with van der Waals surface area (Å²) in [4.78, 5) is 0.705. The normalized spacial score (nSPS) is 20.7. The molecule has 1 unspecified atom stereocenters. The van der Waals surface area contributed by atoms with Gasteiger partial charge in [-0.25, -0.2) is 4.39 Å². The van der Waals surface area contributed by atoms with Crippen LogP contribution in [-0.2, 0) is 0 Å². The zero-order valence-electron chi connectivity index (χ0n) is 8.50. The number of benzene rings is 1. The number of thioether (sulfide) groups is 1. The molecule has 1 atom stereocenters. The molecule has 0 spiro atoms. The maximum Gasteiger partial charge on any atom is 0.138 e. The smallest absolute Gasteiger partial charge is 0.138 e. The second-order valence-corrected chi connectivity index (χ2v) is 4.92. The molecular formula is C11H15FN2S. The summed E-state index contributed by atoms with van der Waals surface area (Å²) in [5.74, 6) is 1.45. The molecule has 82 valence electrons. The zero-order valence-corrected chi connectivity index (χ0v) is 9.32. The van der Waals surface area contributed by atoms with Crippen molar-refractivity contribution in [3.63, 3.8) is 0 Å². The van der Waals surface area contributed by atoms with Crippen molar-refractivity contribution < 1.29 is 4.39 Å². The molecule has 1 aromatic carbocycles. The fourth-order valence-electron chi connectivity index (χ4n) is 1.70. The Bertz CT molecular complexity index is 337. The molecule has 1 fully saturated rings. The van der Waals surface area contributed by atoms with Crippen LogP contribution in [0.25, 0.3) is 0 Å². The van der Waals surface area contributed by atoms with E-state index in [-0.39, 0.29) is 5.82 Å². The van der Waals surface area contributed by atoms with Crippen molar-refractivity contribution in [2.45, 2.75) is 11.3 Å². The Morgan fingerprint density at radius 1 is 1.53 bits per heavy atom. The average molecular weight is 226 g/mol. The highest BCUT2D eigenvalue weighted by Gasteiger charge is 2.15. The average Bonchev–Trinajstić information content (AvgIpc) is 2.69. The predicted molar refractivity (Wildman–Crippen MR) is 62.5 cm³/mol. The number of hydrogen-bond acceptors (Lipinski definition) is 3. The first-order chi connectivity index (χ1) is 7.25. The van der Waals surface area contributed by atoms with Gasteiger partial charge in [-0.1, -0.05) is 0 Å².